The van der Waals surface area contributed by atoms with Crippen molar-refractivity contribution in [2.45, 2.75) is 24.3 Å². The molecule has 4 heteroatoms. The van der Waals surface area contributed by atoms with E-state index in [0.29, 0.717) is 0 Å². The highest BCUT2D eigenvalue weighted by atomic mass is 32.2. The minimum atomic E-state index is -0.394. The molecule has 0 bridgehead atoms. The fraction of sp³-hybridized carbons (Fsp3) is 0.308. The van der Waals surface area contributed by atoms with Gasteiger partial charge in [0, 0.05) is 10.6 Å². The van der Waals surface area contributed by atoms with Crippen molar-refractivity contribution in [3.8, 4) is 5.69 Å². The third-order valence-corrected chi connectivity index (χ3v) is 3.39. The third kappa shape index (κ3) is 2.53. The van der Waals surface area contributed by atoms with Gasteiger partial charge >= 0.3 is 0 Å². The second kappa shape index (κ2) is 4.55. The lowest BCUT2D eigenvalue weighted by Gasteiger charge is -2.20. The van der Waals surface area contributed by atoms with Crippen LogP contribution in [0.15, 0.2) is 41.7 Å². The minimum absolute atomic E-state index is 0.394. The first-order chi connectivity index (χ1) is 8.02. The molecule has 90 valence electrons. The van der Waals surface area contributed by atoms with Crippen LogP contribution in [-0.4, -0.2) is 15.8 Å². The predicted octanol–water partition coefficient (Wildman–Crippen LogP) is 2.79. The van der Waals surface area contributed by atoms with Gasteiger partial charge in [0.2, 0.25) is 0 Å². The van der Waals surface area contributed by atoms with E-state index in [2.05, 4.69) is 35.5 Å². The maximum Gasteiger partial charge on any atom is 0.0994 e. The van der Waals surface area contributed by atoms with E-state index in [0.717, 1.165) is 11.4 Å². The number of benzene rings is 1. The van der Waals surface area contributed by atoms with Crippen molar-refractivity contribution < 1.29 is 0 Å². The molecule has 0 atom stereocenters. The first kappa shape index (κ1) is 12.2. The number of thioether (sulfide) groups is 1. The topological polar surface area (TPSA) is 43.8 Å². The Morgan fingerprint density at radius 3 is 2.41 bits per heavy atom. The largest absolute Gasteiger partial charge is 0.321 e. The number of hydrogen-bond acceptors (Lipinski definition) is 3. The van der Waals surface area contributed by atoms with Crippen molar-refractivity contribution in [3.63, 3.8) is 0 Å². The molecule has 1 aromatic heterocycles. The van der Waals surface area contributed by atoms with Crippen LogP contribution in [0.1, 0.15) is 19.5 Å². The Hall–Kier alpha value is -1.26. The molecule has 1 heterocycles. The van der Waals surface area contributed by atoms with Crippen molar-refractivity contribution >= 4 is 11.8 Å². The van der Waals surface area contributed by atoms with Gasteiger partial charge < -0.3 is 10.3 Å². The van der Waals surface area contributed by atoms with Gasteiger partial charge in [-0.3, -0.25) is 0 Å². The van der Waals surface area contributed by atoms with Crippen LogP contribution in [-0.2, 0) is 5.54 Å². The van der Waals surface area contributed by atoms with Crippen LogP contribution >= 0.6 is 11.8 Å². The SMILES string of the molecule is CSc1ccc(-n2cncc2C(C)(C)N)cc1. The van der Waals surface area contributed by atoms with Gasteiger partial charge in [-0.15, -0.1) is 11.8 Å². The Bertz CT molecular complexity index is 494. The molecule has 0 spiro atoms. The van der Waals surface area contributed by atoms with Gasteiger partial charge in [0.05, 0.1) is 23.8 Å². The Balaban J connectivity index is 2.43. The van der Waals surface area contributed by atoms with Crippen LogP contribution in [0.2, 0.25) is 0 Å². The van der Waals surface area contributed by atoms with Crippen LogP contribution in [0.5, 0.6) is 0 Å². The summed E-state index contributed by atoms with van der Waals surface area (Å²) in [5, 5.41) is 0. The summed E-state index contributed by atoms with van der Waals surface area (Å²) in [5.74, 6) is 0. The van der Waals surface area contributed by atoms with Gasteiger partial charge in [0.25, 0.3) is 0 Å². The standard InChI is InChI=1S/C13H17N3S/c1-13(2,14)12-8-15-9-16(12)10-4-6-11(17-3)7-5-10/h4-9H,14H2,1-3H3. The molecule has 0 fully saturated rings. The second-order valence-corrected chi connectivity index (χ2v) is 5.45. The van der Waals surface area contributed by atoms with E-state index in [-0.39, 0.29) is 0 Å². The Morgan fingerprint density at radius 2 is 1.88 bits per heavy atom. The molecule has 2 rings (SSSR count). The molecule has 0 aliphatic rings. The maximum atomic E-state index is 6.13. The third-order valence-electron chi connectivity index (χ3n) is 2.65. The number of hydrogen-bond donors (Lipinski definition) is 1. The zero-order chi connectivity index (χ0) is 12.5. The zero-order valence-corrected chi connectivity index (χ0v) is 11.2. The van der Waals surface area contributed by atoms with Crippen molar-refractivity contribution in [3.05, 3.63) is 42.5 Å². The summed E-state index contributed by atoms with van der Waals surface area (Å²) >= 11 is 1.73. The molecular formula is C13H17N3S. The lowest BCUT2D eigenvalue weighted by molar-refractivity contribution is 0.524. The Morgan fingerprint density at radius 1 is 1.24 bits per heavy atom. The van der Waals surface area contributed by atoms with Gasteiger partial charge in [-0.1, -0.05) is 0 Å². The molecule has 0 saturated carbocycles. The molecule has 0 saturated heterocycles. The summed E-state index contributed by atoms with van der Waals surface area (Å²) in [4.78, 5) is 5.44. The average Bonchev–Trinajstić information content (AvgIpc) is 2.78. The number of nitrogens with two attached hydrogens (primary N) is 1. The highest BCUT2D eigenvalue weighted by Crippen LogP contribution is 2.22. The fourth-order valence-electron chi connectivity index (χ4n) is 1.72. The van der Waals surface area contributed by atoms with Gasteiger partial charge in [-0.25, -0.2) is 4.98 Å². The van der Waals surface area contributed by atoms with Crippen LogP contribution in [0, 0.1) is 0 Å². The summed E-state index contributed by atoms with van der Waals surface area (Å²) in [7, 11) is 0. The van der Waals surface area contributed by atoms with Crippen LogP contribution in [0.25, 0.3) is 5.69 Å². The van der Waals surface area contributed by atoms with Crippen molar-refractivity contribution in [2.24, 2.45) is 5.73 Å². The molecule has 0 aliphatic heterocycles. The van der Waals surface area contributed by atoms with Crippen molar-refractivity contribution in [1.29, 1.82) is 0 Å². The highest BCUT2D eigenvalue weighted by molar-refractivity contribution is 7.98. The van der Waals surface area contributed by atoms with Crippen LogP contribution in [0.4, 0.5) is 0 Å². The molecule has 17 heavy (non-hydrogen) atoms. The number of nitrogens with zero attached hydrogens (tertiary/aromatic N) is 2. The van der Waals surface area contributed by atoms with Gasteiger partial charge in [0.1, 0.15) is 0 Å². The number of rotatable bonds is 3. The van der Waals surface area contributed by atoms with Crippen LogP contribution < -0.4 is 5.73 Å². The highest BCUT2D eigenvalue weighted by Gasteiger charge is 2.19. The average molecular weight is 247 g/mol. The van der Waals surface area contributed by atoms with Crippen molar-refractivity contribution in [1.82, 2.24) is 9.55 Å². The van der Waals surface area contributed by atoms with E-state index in [4.69, 9.17) is 5.73 Å². The summed E-state index contributed by atoms with van der Waals surface area (Å²) in [6, 6.07) is 8.38. The van der Waals surface area contributed by atoms with Gasteiger partial charge in [0.15, 0.2) is 0 Å². The first-order valence-corrected chi connectivity index (χ1v) is 6.71. The lowest BCUT2D eigenvalue weighted by Crippen LogP contribution is -2.31. The Labute approximate surface area is 106 Å². The summed E-state index contributed by atoms with van der Waals surface area (Å²) in [5.41, 5.74) is 7.84. The quantitative estimate of drug-likeness (QED) is 0.848. The molecule has 0 amide bonds. The minimum Gasteiger partial charge on any atom is -0.321 e. The molecule has 3 nitrogen and oxygen atoms in total. The molecule has 2 N–H and O–H groups in total. The fourth-order valence-corrected chi connectivity index (χ4v) is 2.13. The Kier molecular flexibility index (Phi) is 3.26. The van der Waals surface area contributed by atoms with E-state index in [1.807, 2.05) is 24.6 Å². The number of aromatic nitrogens is 2. The molecule has 0 radical (unpaired) electrons. The van der Waals surface area contributed by atoms with E-state index < -0.39 is 5.54 Å². The second-order valence-electron chi connectivity index (χ2n) is 4.57. The smallest absolute Gasteiger partial charge is 0.0994 e. The predicted molar refractivity (Wildman–Crippen MR) is 72.6 cm³/mol. The normalized spacial score (nSPS) is 11.8. The summed E-state index contributed by atoms with van der Waals surface area (Å²) < 4.78 is 2.03. The lowest BCUT2D eigenvalue weighted by atomic mass is 10.0. The molecular weight excluding hydrogens is 230 g/mol. The monoisotopic (exact) mass is 247 g/mol. The molecule has 1 aromatic carbocycles. The summed E-state index contributed by atoms with van der Waals surface area (Å²) in [6.45, 7) is 3.97. The van der Waals surface area contributed by atoms with Crippen LogP contribution in [0.3, 0.4) is 0 Å². The van der Waals surface area contributed by atoms with Crippen molar-refractivity contribution in [2.75, 3.05) is 6.26 Å². The maximum absolute atomic E-state index is 6.13. The zero-order valence-electron chi connectivity index (χ0n) is 10.3. The van der Waals surface area contributed by atoms with Gasteiger partial charge in [-0.2, -0.15) is 0 Å². The van der Waals surface area contributed by atoms with Gasteiger partial charge in [-0.05, 0) is 44.4 Å². The molecule has 0 aliphatic carbocycles. The first-order valence-electron chi connectivity index (χ1n) is 5.48. The number of imidazole rings is 1. The van der Waals surface area contributed by atoms with E-state index in [1.54, 1.807) is 18.1 Å². The van der Waals surface area contributed by atoms with E-state index in [1.165, 1.54) is 4.90 Å². The molecule has 2 aromatic rings. The van der Waals surface area contributed by atoms with E-state index in [9.17, 15) is 0 Å². The van der Waals surface area contributed by atoms with E-state index >= 15 is 0 Å². The summed E-state index contributed by atoms with van der Waals surface area (Å²) in [6.07, 6.45) is 5.70. The molecule has 0 unspecified atom stereocenters.